The fourth-order valence-corrected chi connectivity index (χ4v) is 1.70. The Morgan fingerprint density at radius 3 is 2.88 bits per heavy atom. The third-order valence-corrected chi connectivity index (χ3v) is 2.74. The average Bonchev–Trinajstić information content (AvgIpc) is 2.32. The van der Waals surface area contributed by atoms with E-state index in [9.17, 15) is 5.11 Å². The molecule has 0 spiro atoms. The first-order valence-electron chi connectivity index (χ1n) is 5.29. The van der Waals surface area contributed by atoms with E-state index in [2.05, 4.69) is 10.3 Å². The van der Waals surface area contributed by atoms with Crippen molar-refractivity contribution < 1.29 is 5.11 Å². The Balaban J connectivity index is 2.12. The van der Waals surface area contributed by atoms with Gasteiger partial charge in [0.05, 0.1) is 5.69 Å². The van der Waals surface area contributed by atoms with Crippen LogP contribution < -0.4 is 5.32 Å². The second-order valence-corrected chi connectivity index (χ2v) is 4.19. The van der Waals surface area contributed by atoms with Gasteiger partial charge in [-0.2, -0.15) is 0 Å². The zero-order valence-electron chi connectivity index (χ0n) is 9.44. The molecule has 0 atom stereocenters. The molecule has 0 aliphatic carbocycles. The lowest BCUT2D eigenvalue weighted by atomic mass is 10.2. The Hall–Kier alpha value is -1.74. The number of hydrogen-bond acceptors (Lipinski definition) is 3. The molecule has 0 fully saturated rings. The first-order valence-corrected chi connectivity index (χ1v) is 5.67. The van der Waals surface area contributed by atoms with Crippen LogP contribution in [0.4, 0.5) is 5.69 Å². The topological polar surface area (TPSA) is 45.2 Å². The SMILES string of the molecule is Cc1cnc(Cl)c(NCc2ccccc2O)c1. The molecular formula is C13H13ClN2O. The van der Waals surface area contributed by atoms with Crippen molar-refractivity contribution in [2.75, 3.05) is 5.32 Å². The smallest absolute Gasteiger partial charge is 0.152 e. The van der Waals surface area contributed by atoms with E-state index in [1.807, 2.05) is 25.1 Å². The molecule has 2 aromatic rings. The second kappa shape index (κ2) is 5.06. The number of para-hydroxylation sites is 1. The van der Waals surface area contributed by atoms with Crippen LogP contribution >= 0.6 is 11.6 Å². The van der Waals surface area contributed by atoms with Gasteiger partial charge in [-0.3, -0.25) is 0 Å². The van der Waals surface area contributed by atoms with Gasteiger partial charge in [0.15, 0.2) is 5.15 Å². The summed E-state index contributed by atoms with van der Waals surface area (Å²) in [6.45, 7) is 2.46. The van der Waals surface area contributed by atoms with Crippen LogP contribution in [0.3, 0.4) is 0 Å². The Labute approximate surface area is 105 Å². The van der Waals surface area contributed by atoms with E-state index < -0.39 is 0 Å². The van der Waals surface area contributed by atoms with Gasteiger partial charge in [0.1, 0.15) is 5.75 Å². The zero-order valence-corrected chi connectivity index (χ0v) is 10.2. The molecule has 1 heterocycles. The average molecular weight is 249 g/mol. The lowest BCUT2D eigenvalue weighted by Crippen LogP contribution is -2.01. The summed E-state index contributed by atoms with van der Waals surface area (Å²) in [6, 6.07) is 9.12. The van der Waals surface area contributed by atoms with Gasteiger partial charge in [0.25, 0.3) is 0 Å². The van der Waals surface area contributed by atoms with Crippen LogP contribution in [0.2, 0.25) is 5.15 Å². The van der Waals surface area contributed by atoms with Gasteiger partial charge >= 0.3 is 0 Å². The highest BCUT2D eigenvalue weighted by atomic mass is 35.5. The molecule has 0 radical (unpaired) electrons. The lowest BCUT2D eigenvalue weighted by Gasteiger charge is -2.09. The van der Waals surface area contributed by atoms with Crippen molar-refractivity contribution in [1.29, 1.82) is 0 Å². The second-order valence-electron chi connectivity index (χ2n) is 3.83. The number of phenolic OH excluding ortho intramolecular Hbond substituents is 1. The van der Waals surface area contributed by atoms with Crippen LogP contribution in [0.1, 0.15) is 11.1 Å². The van der Waals surface area contributed by atoms with Crippen molar-refractivity contribution in [1.82, 2.24) is 4.98 Å². The fraction of sp³-hybridized carbons (Fsp3) is 0.154. The molecule has 0 amide bonds. The molecule has 1 aromatic heterocycles. The first kappa shape index (κ1) is 11.7. The van der Waals surface area contributed by atoms with Crippen molar-refractivity contribution in [3.63, 3.8) is 0 Å². The zero-order chi connectivity index (χ0) is 12.3. The first-order chi connectivity index (χ1) is 8.16. The van der Waals surface area contributed by atoms with Gasteiger partial charge in [-0.25, -0.2) is 4.98 Å². The number of benzene rings is 1. The van der Waals surface area contributed by atoms with Gasteiger partial charge in [-0.15, -0.1) is 0 Å². The third-order valence-electron chi connectivity index (χ3n) is 2.44. The summed E-state index contributed by atoms with van der Waals surface area (Å²) >= 11 is 5.97. The molecule has 4 heteroatoms. The van der Waals surface area contributed by atoms with Crippen molar-refractivity contribution >= 4 is 17.3 Å². The Morgan fingerprint density at radius 1 is 1.35 bits per heavy atom. The molecule has 1 aromatic carbocycles. The van der Waals surface area contributed by atoms with Gasteiger partial charge in [-0.05, 0) is 24.6 Å². The molecule has 0 bridgehead atoms. The number of aromatic nitrogens is 1. The maximum atomic E-state index is 9.62. The summed E-state index contributed by atoms with van der Waals surface area (Å²) in [6.07, 6.45) is 1.72. The number of nitrogens with zero attached hydrogens (tertiary/aromatic N) is 1. The van der Waals surface area contributed by atoms with Gasteiger partial charge < -0.3 is 10.4 Å². The third kappa shape index (κ3) is 2.88. The quantitative estimate of drug-likeness (QED) is 0.819. The van der Waals surface area contributed by atoms with E-state index in [0.717, 1.165) is 16.8 Å². The number of rotatable bonds is 3. The number of pyridine rings is 1. The van der Waals surface area contributed by atoms with Crippen LogP contribution in [-0.2, 0) is 6.54 Å². The minimum Gasteiger partial charge on any atom is -0.508 e. The van der Waals surface area contributed by atoms with Crippen molar-refractivity contribution in [2.24, 2.45) is 0 Å². The minimum atomic E-state index is 0.275. The predicted molar refractivity (Wildman–Crippen MR) is 69.4 cm³/mol. The molecule has 17 heavy (non-hydrogen) atoms. The molecule has 88 valence electrons. The Bertz CT molecular complexity index is 529. The monoisotopic (exact) mass is 248 g/mol. The van der Waals surface area contributed by atoms with E-state index in [0.29, 0.717) is 11.7 Å². The van der Waals surface area contributed by atoms with Gasteiger partial charge in [-0.1, -0.05) is 29.8 Å². The maximum Gasteiger partial charge on any atom is 0.152 e. The summed E-state index contributed by atoms with van der Waals surface area (Å²) < 4.78 is 0. The van der Waals surface area contributed by atoms with Gasteiger partial charge in [0.2, 0.25) is 0 Å². The van der Waals surface area contributed by atoms with Crippen molar-refractivity contribution in [2.45, 2.75) is 13.5 Å². The summed E-state index contributed by atoms with van der Waals surface area (Å²) in [5.41, 5.74) is 2.63. The normalized spacial score (nSPS) is 10.2. The Morgan fingerprint density at radius 2 is 2.12 bits per heavy atom. The van der Waals surface area contributed by atoms with Crippen LogP contribution in [0.25, 0.3) is 0 Å². The molecule has 0 aliphatic rings. The van der Waals surface area contributed by atoms with Gasteiger partial charge in [0, 0.05) is 18.3 Å². The lowest BCUT2D eigenvalue weighted by molar-refractivity contribution is 0.469. The number of phenols is 1. The van der Waals surface area contributed by atoms with Crippen LogP contribution in [0.15, 0.2) is 36.5 Å². The molecule has 0 unspecified atom stereocenters. The molecule has 0 saturated heterocycles. The summed E-state index contributed by atoms with van der Waals surface area (Å²) in [5, 5.41) is 13.2. The van der Waals surface area contributed by atoms with Crippen LogP contribution in [0.5, 0.6) is 5.75 Å². The number of halogens is 1. The molecule has 3 nitrogen and oxygen atoms in total. The maximum absolute atomic E-state index is 9.62. The van der Waals surface area contributed by atoms with Crippen molar-refractivity contribution in [3.8, 4) is 5.75 Å². The summed E-state index contributed by atoms with van der Waals surface area (Å²) in [7, 11) is 0. The molecular weight excluding hydrogens is 236 g/mol. The van der Waals surface area contributed by atoms with Crippen molar-refractivity contribution in [3.05, 3.63) is 52.8 Å². The molecule has 2 rings (SSSR count). The minimum absolute atomic E-state index is 0.275. The van der Waals surface area contributed by atoms with E-state index in [-0.39, 0.29) is 5.75 Å². The fourth-order valence-electron chi connectivity index (χ4n) is 1.53. The summed E-state index contributed by atoms with van der Waals surface area (Å²) in [4.78, 5) is 4.05. The number of aromatic hydroxyl groups is 1. The highest BCUT2D eigenvalue weighted by molar-refractivity contribution is 6.31. The summed E-state index contributed by atoms with van der Waals surface area (Å²) in [5.74, 6) is 0.275. The number of aryl methyl sites for hydroxylation is 1. The molecule has 0 saturated carbocycles. The number of nitrogens with one attached hydrogen (secondary N) is 1. The van der Waals surface area contributed by atoms with E-state index in [1.54, 1.807) is 18.3 Å². The van der Waals surface area contributed by atoms with E-state index >= 15 is 0 Å². The van der Waals surface area contributed by atoms with E-state index in [4.69, 9.17) is 11.6 Å². The van der Waals surface area contributed by atoms with Crippen LogP contribution in [0, 0.1) is 6.92 Å². The standard InChI is InChI=1S/C13H13ClN2O/c1-9-6-11(13(14)16-7-9)15-8-10-4-2-3-5-12(10)17/h2-7,15,17H,8H2,1H3. The van der Waals surface area contributed by atoms with Crippen LogP contribution in [-0.4, -0.2) is 10.1 Å². The Kier molecular flexibility index (Phi) is 3.49. The molecule has 0 aliphatic heterocycles. The highest BCUT2D eigenvalue weighted by Crippen LogP contribution is 2.22. The highest BCUT2D eigenvalue weighted by Gasteiger charge is 2.03. The predicted octanol–water partition coefficient (Wildman–Crippen LogP) is 3.36. The molecule has 2 N–H and O–H groups in total. The number of hydrogen-bond donors (Lipinski definition) is 2. The largest absolute Gasteiger partial charge is 0.508 e. The number of anilines is 1. The van der Waals surface area contributed by atoms with E-state index in [1.165, 1.54) is 0 Å².